The zero-order chi connectivity index (χ0) is 15.0. The second kappa shape index (κ2) is 8.59. The fraction of sp³-hybridized carbons (Fsp3) is 0.562. The lowest BCUT2D eigenvalue weighted by Crippen LogP contribution is -2.32. The molecule has 0 aromatic heterocycles. The third-order valence-electron chi connectivity index (χ3n) is 3.38. The lowest BCUT2D eigenvalue weighted by Gasteiger charge is -2.18. The van der Waals surface area contributed by atoms with E-state index in [1.54, 1.807) is 7.11 Å². The molecule has 1 N–H and O–H groups in total. The summed E-state index contributed by atoms with van der Waals surface area (Å²) in [7, 11) is 1.68. The van der Waals surface area contributed by atoms with Gasteiger partial charge in [-0.05, 0) is 26.8 Å². The third-order valence-corrected chi connectivity index (χ3v) is 3.38. The second-order valence-corrected chi connectivity index (χ2v) is 4.81. The smallest absolute Gasteiger partial charge is 0.223 e. The molecule has 0 bridgehead atoms. The third kappa shape index (κ3) is 4.85. The van der Waals surface area contributed by atoms with Crippen molar-refractivity contribution in [3.63, 3.8) is 0 Å². The number of aryl methyl sites for hydroxylation is 1. The number of methoxy groups -OCH3 is 1. The molecule has 0 saturated carbocycles. The Kier molecular flexibility index (Phi) is 7.09. The van der Waals surface area contributed by atoms with Crippen molar-refractivity contribution in [2.75, 3.05) is 26.7 Å². The fourth-order valence-electron chi connectivity index (χ4n) is 2.20. The molecule has 112 valence electrons. The van der Waals surface area contributed by atoms with Crippen LogP contribution in [0, 0.1) is 6.92 Å². The number of nitrogens with one attached hydrogen (secondary N) is 1. The first-order valence-electron chi connectivity index (χ1n) is 7.24. The molecule has 0 unspecified atom stereocenters. The molecule has 0 atom stereocenters. The minimum atomic E-state index is 0.207. The summed E-state index contributed by atoms with van der Waals surface area (Å²) in [4.78, 5) is 13.7. The summed E-state index contributed by atoms with van der Waals surface area (Å²) in [6.45, 7) is 9.04. The van der Waals surface area contributed by atoms with Crippen LogP contribution in [0.2, 0.25) is 0 Å². The molecule has 0 radical (unpaired) electrons. The standard InChI is InChI=1S/C16H26N2O2/c1-5-18(6-2)16(19)9-10-17-12-14-11-13(3)7-8-15(14)20-4/h7-8,11,17H,5-6,9-10,12H2,1-4H3. The fourth-order valence-corrected chi connectivity index (χ4v) is 2.20. The van der Waals surface area contributed by atoms with Crippen molar-refractivity contribution in [2.45, 2.75) is 33.7 Å². The normalized spacial score (nSPS) is 10.4. The van der Waals surface area contributed by atoms with Gasteiger partial charge in [0.15, 0.2) is 0 Å². The van der Waals surface area contributed by atoms with Gasteiger partial charge in [-0.25, -0.2) is 0 Å². The quantitative estimate of drug-likeness (QED) is 0.742. The van der Waals surface area contributed by atoms with Gasteiger partial charge in [-0.1, -0.05) is 17.7 Å². The summed E-state index contributed by atoms with van der Waals surface area (Å²) < 4.78 is 5.34. The number of hydrogen-bond acceptors (Lipinski definition) is 3. The molecule has 0 aliphatic rings. The molecule has 4 nitrogen and oxygen atoms in total. The molecule has 0 spiro atoms. The molecule has 20 heavy (non-hydrogen) atoms. The van der Waals surface area contributed by atoms with Gasteiger partial charge in [-0.2, -0.15) is 0 Å². The minimum absolute atomic E-state index is 0.207. The first kappa shape index (κ1) is 16.5. The lowest BCUT2D eigenvalue weighted by molar-refractivity contribution is -0.130. The van der Waals surface area contributed by atoms with E-state index in [4.69, 9.17) is 4.74 Å². The molecule has 0 heterocycles. The summed E-state index contributed by atoms with van der Waals surface area (Å²) in [6.07, 6.45) is 0.538. The van der Waals surface area contributed by atoms with Crippen LogP contribution in [0.15, 0.2) is 18.2 Å². The Bertz CT molecular complexity index is 428. The number of hydrogen-bond donors (Lipinski definition) is 1. The zero-order valence-electron chi connectivity index (χ0n) is 13.0. The van der Waals surface area contributed by atoms with E-state index < -0.39 is 0 Å². The number of ether oxygens (including phenoxy) is 1. The maximum Gasteiger partial charge on any atom is 0.223 e. The van der Waals surface area contributed by atoms with Crippen LogP contribution in [0.5, 0.6) is 5.75 Å². The van der Waals surface area contributed by atoms with Crippen molar-refractivity contribution >= 4 is 5.91 Å². The lowest BCUT2D eigenvalue weighted by atomic mass is 10.1. The Morgan fingerprint density at radius 2 is 2.00 bits per heavy atom. The Morgan fingerprint density at radius 1 is 1.30 bits per heavy atom. The van der Waals surface area contributed by atoms with Crippen molar-refractivity contribution < 1.29 is 9.53 Å². The van der Waals surface area contributed by atoms with Crippen molar-refractivity contribution in [3.05, 3.63) is 29.3 Å². The summed E-state index contributed by atoms with van der Waals surface area (Å²) in [5.74, 6) is 1.09. The van der Waals surface area contributed by atoms with Gasteiger partial charge in [-0.15, -0.1) is 0 Å². The second-order valence-electron chi connectivity index (χ2n) is 4.81. The van der Waals surface area contributed by atoms with Crippen molar-refractivity contribution in [1.29, 1.82) is 0 Å². The van der Waals surface area contributed by atoms with Crippen molar-refractivity contribution in [3.8, 4) is 5.75 Å². The summed E-state index contributed by atoms with van der Waals surface area (Å²) >= 11 is 0. The number of carbonyl (C=O) groups excluding carboxylic acids is 1. The van der Waals surface area contributed by atoms with Crippen LogP contribution < -0.4 is 10.1 Å². The highest BCUT2D eigenvalue weighted by Crippen LogP contribution is 2.19. The molecule has 4 heteroatoms. The van der Waals surface area contributed by atoms with E-state index in [-0.39, 0.29) is 5.91 Å². The van der Waals surface area contributed by atoms with E-state index in [0.717, 1.165) is 30.9 Å². The first-order chi connectivity index (χ1) is 9.62. The maximum absolute atomic E-state index is 11.9. The highest BCUT2D eigenvalue weighted by molar-refractivity contribution is 5.76. The molecule has 1 aromatic carbocycles. The zero-order valence-corrected chi connectivity index (χ0v) is 13.0. The molecular formula is C16H26N2O2. The summed E-state index contributed by atoms with van der Waals surface area (Å²) in [6, 6.07) is 6.12. The molecule has 0 aliphatic carbocycles. The molecule has 1 aromatic rings. The predicted molar refractivity (Wildman–Crippen MR) is 82.0 cm³/mol. The van der Waals surface area contributed by atoms with Gasteiger partial charge in [0.05, 0.1) is 7.11 Å². The van der Waals surface area contributed by atoms with Gasteiger partial charge < -0.3 is 15.0 Å². The largest absolute Gasteiger partial charge is 0.496 e. The van der Waals surface area contributed by atoms with Crippen LogP contribution in [0.4, 0.5) is 0 Å². The van der Waals surface area contributed by atoms with Crippen LogP contribution in [-0.4, -0.2) is 37.6 Å². The van der Waals surface area contributed by atoms with Gasteiger partial charge in [0, 0.05) is 38.2 Å². The molecule has 0 fully saturated rings. The van der Waals surface area contributed by atoms with Crippen LogP contribution in [0.1, 0.15) is 31.4 Å². The van der Waals surface area contributed by atoms with Crippen LogP contribution in [0.3, 0.4) is 0 Å². The highest BCUT2D eigenvalue weighted by Gasteiger charge is 2.09. The SMILES string of the molecule is CCN(CC)C(=O)CCNCc1cc(C)ccc1OC. The van der Waals surface area contributed by atoms with Crippen LogP contribution >= 0.6 is 0 Å². The summed E-state index contributed by atoms with van der Waals surface area (Å²) in [5.41, 5.74) is 2.34. The number of nitrogens with zero attached hydrogens (tertiary/aromatic N) is 1. The van der Waals surface area contributed by atoms with E-state index in [9.17, 15) is 4.79 Å². The first-order valence-corrected chi connectivity index (χ1v) is 7.24. The van der Waals surface area contributed by atoms with E-state index in [1.807, 2.05) is 30.9 Å². The number of rotatable bonds is 8. The Hall–Kier alpha value is -1.55. The van der Waals surface area contributed by atoms with Gasteiger partial charge in [0.25, 0.3) is 0 Å². The average molecular weight is 278 g/mol. The van der Waals surface area contributed by atoms with Gasteiger partial charge in [0.2, 0.25) is 5.91 Å². The topological polar surface area (TPSA) is 41.6 Å². The Morgan fingerprint density at radius 3 is 2.60 bits per heavy atom. The highest BCUT2D eigenvalue weighted by atomic mass is 16.5. The summed E-state index contributed by atoms with van der Waals surface area (Å²) in [5, 5.41) is 3.31. The van der Waals surface area contributed by atoms with Crippen LogP contribution in [-0.2, 0) is 11.3 Å². The Balaban J connectivity index is 2.41. The van der Waals surface area contributed by atoms with Crippen molar-refractivity contribution in [2.24, 2.45) is 0 Å². The monoisotopic (exact) mass is 278 g/mol. The predicted octanol–water partition coefficient (Wildman–Crippen LogP) is 2.35. The molecule has 0 saturated heterocycles. The van der Waals surface area contributed by atoms with Crippen LogP contribution in [0.25, 0.3) is 0 Å². The van der Waals surface area contributed by atoms with E-state index in [0.29, 0.717) is 13.0 Å². The molecule has 1 rings (SSSR count). The van der Waals surface area contributed by atoms with Gasteiger partial charge in [0.1, 0.15) is 5.75 Å². The maximum atomic E-state index is 11.9. The number of amides is 1. The van der Waals surface area contributed by atoms with Crippen molar-refractivity contribution in [1.82, 2.24) is 10.2 Å². The van der Waals surface area contributed by atoms with E-state index in [1.165, 1.54) is 5.56 Å². The van der Waals surface area contributed by atoms with Gasteiger partial charge >= 0.3 is 0 Å². The Labute approximate surface area is 122 Å². The molecule has 1 amide bonds. The van der Waals surface area contributed by atoms with Gasteiger partial charge in [-0.3, -0.25) is 4.79 Å². The molecular weight excluding hydrogens is 252 g/mol. The number of carbonyl (C=O) groups is 1. The average Bonchev–Trinajstić information content (AvgIpc) is 2.45. The number of benzene rings is 1. The van der Waals surface area contributed by atoms with E-state index >= 15 is 0 Å². The minimum Gasteiger partial charge on any atom is -0.496 e. The molecule has 0 aliphatic heterocycles. The van der Waals surface area contributed by atoms with E-state index in [2.05, 4.69) is 18.3 Å².